The topological polar surface area (TPSA) is 82.5 Å². The Morgan fingerprint density at radius 2 is 2.05 bits per heavy atom. The van der Waals surface area contributed by atoms with Gasteiger partial charge in [0, 0.05) is 12.1 Å². The highest BCUT2D eigenvalue weighted by atomic mass is 16.6. The molecule has 1 N–H and O–H groups in total. The van der Waals surface area contributed by atoms with E-state index in [9.17, 15) is 9.59 Å². The SMILES string of the molecule is CCOC(=O)c1c(C)cnn1CCNC(=O)OC(C)(C)C. The van der Waals surface area contributed by atoms with Crippen LogP contribution in [0.3, 0.4) is 0 Å². The van der Waals surface area contributed by atoms with Crippen LogP contribution in [0.25, 0.3) is 0 Å². The predicted molar refractivity (Wildman–Crippen MR) is 77.2 cm³/mol. The van der Waals surface area contributed by atoms with E-state index in [2.05, 4.69) is 10.4 Å². The normalized spacial score (nSPS) is 11.1. The van der Waals surface area contributed by atoms with Crippen molar-refractivity contribution in [1.29, 1.82) is 0 Å². The van der Waals surface area contributed by atoms with E-state index in [0.29, 0.717) is 25.4 Å². The van der Waals surface area contributed by atoms with E-state index in [1.54, 1.807) is 40.8 Å². The number of aryl methyl sites for hydroxylation is 1. The molecule has 1 heterocycles. The van der Waals surface area contributed by atoms with Gasteiger partial charge in [-0.25, -0.2) is 9.59 Å². The third-order valence-corrected chi connectivity index (χ3v) is 2.48. The molecule has 1 rings (SSSR count). The number of nitrogens with one attached hydrogen (secondary N) is 1. The fourth-order valence-electron chi connectivity index (χ4n) is 1.69. The Morgan fingerprint density at radius 3 is 2.62 bits per heavy atom. The number of ether oxygens (including phenoxy) is 2. The number of alkyl carbamates (subject to hydrolysis) is 1. The van der Waals surface area contributed by atoms with Gasteiger partial charge in [0.05, 0.1) is 19.3 Å². The quantitative estimate of drug-likeness (QED) is 0.839. The van der Waals surface area contributed by atoms with Crippen molar-refractivity contribution >= 4 is 12.1 Å². The van der Waals surface area contributed by atoms with Crippen LogP contribution in [0.4, 0.5) is 4.79 Å². The maximum absolute atomic E-state index is 11.8. The smallest absolute Gasteiger partial charge is 0.407 e. The molecule has 0 aliphatic rings. The minimum Gasteiger partial charge on any atom is -0.461 e. The Labute approximate surface area is 124 Å². The van der Waals surface area contributed by atoms with Gasteiger partial charge in [-0.1, -0.05) is 0 Å². The van der Waals surface area contributed by atoms with Crippen LogP contribution in [0.5, 0.6) is 0 Å². The van der Waals surface area contributed by atoms with E-state index in [1.807, 2.05) is 0 Å². The lowest BCUT2D eigenvalue weighted by atomic mass is 10.2. The summed E-state index contributed by atoms with van der Waals surface area (Å²) >= 11 is 0. The predicted octanol–water partition coefficient (Wildman–Crippen LogP) is 1.89. The second-order valence-electron chi connectivity index (χ2n) is 5.55. The van der Waals surface area contributed by atoms with Crippen LogP contribution >= 0.6 is 0 Å². The first kappa shape index (κ1) is 17.0. The second-order valence-corrected chi connectivity index (χ2v) is 5.55. The summed E-state index contributed by atoms with van der Waals surface area (Å²) in [7, 11) is 0. The zero-order valence-corrected chi connectivity index (χ0v) is 13.2. The van der Waals surface area contributed by atoms with Crippen LogP contribution in [0.1, 0.15) is 43.7 Å². The summed E-state index contributed by atoms with van der Waals surface area (Å²) < 4.78 is 11.6. The van der Waals surface area contributed by atoms with Crippen molar-refractivity contribution < 1.29 is 19.1 Å². The van der Waals surface area contributed by atoms with Gasteiger partial charge in [-0.05, 0) is 34.6 Å². The molecule has 0 atom stereocenters. The Bertz CT molecular complexity index is 503. The fourth-order valence-corrected chi connectivity index (χ4v) is 1.69. The lowest BCUT2D eigenvalue weighted by Gasteiger charge is -2.19. The van der Waals surface area contributed by atoms with E-state index in [1.165, 1.54) is 4.68 Å². The van der Waals surface area contributed by atoms with Gasteiger partial charge in [-0.2, -0.15) is 5.10 Å². The molecule has 0 bridgehead atoms. The van der Waals surface area contributed by atoms with Crippen molar-refractivity contribution in [2.45, 2.75) is 46.8 Å². The molecule has 1 aromatic heterocycles. The molecule has 0 aromatic carbocycles. The molecule has 0 saturated heterocycles. The summed E-state index contributed by atoms with van der Waals surface area (Å²) in [6, 6.07) is 0. The van der Waals surface area contributed by atoms with E-state index >= 15 is 0 Å². The third-order valence-electron chi connectivity index (χ3n) is 2.48. The van der Waals surface area contributed by atoms with Crippen LogP contribution < -0.4 is 5.32 Å². The molecular weight excluding hydrogens is 274 g/mol. The van der Waals surface area contributed by atoms with E-state index in [-0.39, 0.29) is 0 Å². The summed E-state index contributed by atoms with van der Waals surface area (Å²) in [5.74, 6) is -0.412. The van der Waals surface area contributed by atoms with Crippen LogP contribution in [0, 0.1) is 6.92 Å². The Hall–Kier alpha value is -2.05. The van der Waals surface area contributed by atoms with Crippen molar-refractivity contribution in [2.24, 2.45) is 0 Å². The van der Waals surface area contributed by atoms with Crippen molar-refractivity contribution in [1.82, 2.24) is 15.1 Å². The number of aromatic nitrogens is 2. The monoisotopic (exact) mass is 297 g/mol. The first-order valence-electron chi connectivity index (χ1n) is 6.91. The third kappa shape index (κ3) is 5.45. The minimum absolute atomic E-state index is 0.305. The lowest BCUT2D eigenvalue weighted by Crippen LogP contribution is -2.34. The molecule has 0 saturated carbocycles. The maximum Gasteiger partial charge on any atom is 0.407 e. The number of amides is 1. The first-order valence-corrected chi connectivity index (χ1v) is 6.91. The van der Waals surface area contributed by atoms with E-state index in [0.717, 1.165) is 5.56 Å². The molecule has 0 fully saturated rings. The van der Waals surface area contributed by atoms with Crippen molar-refractivity contribution in [2.75, 3.05) is 13.2 Å². The van der Waals surface area contributed by atoms with Crippen molar-refractivity contribution in [3.63, 3.8) is 0 Å². The number of hydrogen-bond acceptors (Lipinski definition) is 5. The molecule has 0 unspecified atom stereocenters. The standard InChI is InChI=1S/C14H23N3O4/c1-6-20-12(18)11-10(2)9-16-17(11)8-7-15-13(19)21-14(3,4)5/h9H,6-8H2,1-5H3,(H,15,19). The molecule has 118 valence electrons. The van der Waals surface area contributed by atoms with Crippen LogP contribution in [0.15, 0.2) is 6.20 Å². The molecule has 21 heavy (non-hydrogen) atoms. The maximum atomic E-state index is 11.8. The van der Waals surface area contributed by atoms with Crippen LogP contribution in [0.2, 0.25) is 0 Å². The van der Waals surface area contributed by atoms with Crippen molar-refractivity contribution in [3.05, 3.63) is 17.5 Å². The van der Waals surface area contributed by atoms with Gasteiger partial charge in [-0.3, -0.25) is 4.68 Å². The number of carbonyl (C=O) groups is 2. The number of nitrogens with zero attached hydrogens (tertiary/aromatic N) is 2. The lowest BCUT2D eigenvalue weighted by molar-refractivity contribution is 0.0511. The zero-order chi connectivity index (χ0) is 16.0. The van der Waals surface area contributed by atoms with Gasteiger partial charge in [0.15, 0.2) is 0 Å². The number of esters is 1. The molecule has 7 heteroatoms. The highest BCUT2D eigenvalue weighted by Crippen LogP contribution is 2.09. The van der Waals surface area contributed by atoms with Gasteiger partial charge in [0.1, 0.15) is 11.3 Å². The van der Waals surface area contributed by atoms with Gasteiger partial charge in [-0.15, -0.1) is 0 Å². The highest BCUT2D eigenvalue weighted by Gasteiger charge is 2.18. The number of rotatable bonds is 5. The molecule has 0 aliphatic heterocycles. The summed E-state index contributed by atoms with van der Waals surface area (Å²) in [4.78, 5) is 23.4. The molecular formula is C14H23N3O4. The van der Waals surface area contributed by atoms with Gasteiger partial charge in [0.25, 0.3) is 0 Å². The van der Waals surface area contributed by atoms with Gasteiger partial charge in [0.2, 0.25) is 0 Å². The van der Waals surface area contributed by atoms with E-state index < -0.39 is 17.7 Å². The minimum atomic E-state index is -0.539. The number of hydrogen-bond donors (Lipinski definition) is 1. The fraction of sp³-hybridized carbons (Fsp3) is 0.643. The largest absolute Gasteiger partial charge is 0.461 e. The molecule has 0 aliphatic carbocycles. The molecule has 0 spiro atoms. The Kier molecular flexibility index (Phi) is 5.75. The van der Waals surface area contributed by atoms with Gasteiger partial charge < -0.3 is 14.8 Å². The first-order chi connectivity index (χ1) is 9.74. The molecule has 0 radical (unpaired) electrons. The number of carbonyl (C=O) groups excluding carboxylic acids is 2. The Morgan fingerprint density at radius 1 is 1.38 bits per heavy atom. The average Bonchev–Trinajstić information content (AvgIpc) is 2.68. The summed E-state index contributed by atoms with van der Waals surface area (Å²) in [6.07, 6.45) is 1.10. The van der Waals surface area contributed by atoms with Crippen molar-refractivity contribution in [3.8, 4) is 0 Å². The summed E-state index contributed by atoms with van der Waals surface area (Å²) in [5, 5.41) is 6.74. The van der Waals surface area contributed by atoms with Crippen LogP contribution in [-0.4, -0.2) is 40.6 Å². The molecule has 1 aromatic rings. The summed E-state index contributed by atoms with van der Waals surface area (Å²) in [5.41, 5.74) is 0.608. The molecule has 7 nitrogen and oxygen atoms in total. The van der Waals surface area contributed by atoms with Crippen LogP contribution in [-0.2, 0) is 16.0 Å². The summed E-state index contributed by atoms with van der Waals surface area (Å²) in [6.45, 7) is 9.89. The highest BCUT2D eigenvalue weighted by molar-refractivity contribution is 5.89. The molecule has 1 amide bonds. The Balaban J connectivity index is 2.57. The van der Waals surface area contributed by atoms with E-state index in [4.69, 9.17) is 9.47 Å². The van der Waals surface area contributed by atoms with Gasteiger partial charge >= 0.3 is 12.1 Å². The second kappa shape index (κ2) is 7.10. The zero-order valence-electron chi connectivity index (χ0n) is 13.2. The average molecular weight is 297 g/mol.